The lowest BCUT2D eigenvalue weighted by Gasteiger charge is -2.34. The van der Waals surface area contributed by atoms with Crippen LogP contribution in [0.4, 0.5) is 0 Å². The molecule has 0 radical (unpaired) electrons. The number of hydrogen-bond acceptors (Lipinski definition) is 3. The zero-order chi connectivity index (χ0) is 18.0. The molecule has 132 valence electrons. The first-order valence-electron chi connectivity index (χ1n) is 9.18. The van der Waals surface area contributed by atoms with Crippen LogP contribution >= 0.6 is 0 Å². The predicted octanol–water partition coefficient (Wildman–Crippen LogP) is 3.27. The van der Waals surface area contributed by atoms with Crippen LogP contribution in [-0.2, 0) is 9.31 Å². The van der Waals surface area contributed by atoms with Gasteiger partial charge in [-0.15, -0.1) is 0 Å². The second-order valence-corrected chi connectivity index (χ2v) is 8.69. The molecule has 1 aromatic carbocycles. The molecule has 25 heavy (non-hydrogen) atoms. The monoisotopic (exact) mass is 339 g/mol. The van der Waals surface area contributed by atoms with Crippen molar-refractivity contribution >= 4 is 23.4 Å². The molecule has 0 unspecified atom stereocenters. The molecule has 1 aliphatic carbocycles. The third-order valence-corrected chi connectivity index (χ3v) is 6.22. The Labute approximate surface area is 149 Å². The van der Waals surface area contributed by atoms with Crippen molar-refractivity contribution in [2.75, 3.05) is 0 Å². The highest BCUT2D eigenvalue weighted by molar-refractivity contribution is 6.62. The van der Waals surface area contributed by atoms with Gasteiger partial charge in [0.15, 0.2) is 0 Å². The molecule has 0 amide bonds. The topological polar surface area (TPSA) is 40.5 Å². The highest BCUT2D eigenvalue weighted by Gasteiger charge is 2.51. The predicted molar refractivity (Wildman–Crippen MR) is 101 cm³/mol. The van der Waals surface area contributed by atoms with Gasteiger partial charge in [0.05, 0.1) is 11.2 Å². The van der Waals surface area contributed by atoms with Crippen molar-refractivity contribution in [3.63, 3.8) is 0 Å². The van der Waals surface area contributed by atoms with Gasteiger partial charge < -0.3 is 13.9 Å². The van der Waals surface area contributed by atoms with E-state index in [4.69, 9.17) is 9.31 Å². The first-order valence-corrected chi connectivity index (χ1v) is 9.18. The summed E-state index contributed by atoms with van der Waals surface area (Å²) in [5, 5.41) is 1.71. The smallest absolute Gasteiger partial charge is 0.399 e. The molecular weight excluding hydrogens is 313 g/mol. The number of benzene rings is 1. The van der Waals surface area contributed by atoms with E-state index in [-0.39, 0.29) is 16.8 Å². The summed E-state index contributed by atoms with van der Waals surface area (Å²) in [5.41, 5.74) is 0.229. The normalized spacial score (nSPS) is 27.5. The van der Waals surface area contributed by atoms with Crippen molar-refractivity contribution in [2.45, 2.75) is 64.7 Å². The van der Waals surface area contributed by atoms with Gasteiger partial charge >= 0.3 is 7.12 Å². The number of fused-ring (bicyclic) bond motifs is 1. The Balaban J connectivity index is 1.73. The lowest BCUT2D eigenvalue weighted by atomic mass is 9.78. The number of nitrogens with zero attached hydrogens (tertiary/aromatic N) is 1. The van der Waals surface area contributed by atoms with Gasteiger partial charge in [0, 0.05) is 17.6 Å². The lowest BCUT2D eigenvalue weighted by molar-refractivity contribution is 0.00578. The molecule has 0 N–H and O–H groups in total. The first-order chi connectivity index (χ1) is 11.7. The summed E-state index contributed by atoms with van der Waals surface area (Å²) in [6, 6.07) is 8.31. The van der Waals surface area contributed by atoms with E-state index >= 15 is 0 Å². The fraction of sp³-hybridized carbons (Fsp3) is 0.550. The maximum absolute atomic E-state index is 13.0. The number of pyridine rings is 1. The summed E-state index contributed by atoms with van der Waals surface area (Å²) in [6.45, 7) is 10.4. The van der Waals surface area contributed by atoms with Gasteiger partial charge in [-0.2, -0.15) is 0 Å². The molecule has 5 heteroatoms. The van der Waals surface area contributed by atoms with Gasteiger partial charge in [-0.25, -0.2) is 0 Å². The summed E-state index contributed by atoms with van der Waals surface area (Å²) in [7, 11) is -0.439. The SMILES string of the molecule is CC1CC(n2ccc3ccc(B4OC(C)(C)C(C)(C)O4)cc3c2=O)C1. The Bertz CT molecular complexity index is 864. The van der Waals surface area contributed by atoms with Crippen LogP contribution in [0.2, 0.25) is 0 Å². The van der Waals surface area contributed by atoms with E-state index < -0.39 is 7.12 Å². The number of hydrogen-bond donors (Lipinski definition) is 0. The molecule has 2 heterocycles. The molecule has 2 aromatic rings. The Kier molecular flexibility index (Phi) is 3.68. The van der Waals surface area contributed by atoms with Crippen LogP contribution < -0.4 is 11.0 Å². The maximum atomic E-state index is 13.0. The summed E-state index contributed by atoms with van der Waals surface area (Å²) < 4.78 is 14.2. The molecule has 1 aliphatic heterocycles. The number of aromatic nitrogens is 1. The molecule has 0 spiro atoms. The van der Waals surface area contributed by atoms with Crippen molar-refractivity contribution in [3.05, 3.63) is 40.8 Å². The van der Waals surface area contributed by atoms with Crippen molar-refractivity contribution in [1.82, 2.24) is 4.57 Å². The largest absolute Gasteiger partial charge is 0.494 e. The van der Waals surface area contributed by atoms with Crippen LogP contribution in [0.5, 0.6) is 0 Å². The van der Waals surface area contributed by atoms with Crippen LogP contribution in [-0.4, -0.2) is 22.9 Å². The van der Waals surface area contributed by atoms with E-state index in [0.29, 0.717) is 12.0 Å². The van der Waals surface area contributed by atoms with E-state index in [1.54, 1.807) is 0 Å². The fourth-order valence-corrected chi connectivity index (χ4v) is 3.77. The van der Waals surface area contributed by atoms with Crippen LogP contribution in [0, 0.1) is 5.92 Å². The zero-order valence-corrected chi connectivity index (χ0v) is 15.7. The standard InChI is InChI=1S/C20H26BNO3/c1-13-10-16(11-13)22-9-8-14-6-7-15(12-17(14)18(22)23)21-24-19(2,3)20(4,5)25-21/h6-9,12-13,16H,10-11H2,1-5H3. The molecule has 2 fully saturated rings. The average Bonchev–Trinajstić information content (AvgIpc) is 2.73. The van der Waals surface area contributed by atoms with Gasteiger partial charge in [-0.1, -0.05) is 19.1 Å². The molecule has 1 aromatic heterocycles. The molecule has 4 rings (SSSR count). The second-order valence-electron chi connectivity index (χ2n) is 8.69. The van der Waals surface area contributed by atoms with Gasteiger partial charge in [0.1, 0.15) is 0 Å². The van der Waals surface area contributed by atoms with E-state index in [0.717, 1.165) is 29.1 Å². The maximum Gasteiger partial charge on any atom is 0.494 e. The Hall–Kier alpha value is -1.59. The summed E-state index contributed by atoms with van der Waals surface area (Å²) in [6.07, 6.45) is 4.11. The van der Waals surface area contributed by atoms with Gasteiger partial charge in [0.2, 0.25) is 0 Å². The average molecular weight is 339 g/mol. The Morgan fingerprint density at radius 3 is 2.32 bits per heavy atom. The van der Waals surface area contributed by atoms with E-state index in [9.17, 15) is 4.79 Å². The fourth-order valence-electron chi connectivity index (χ4n) is 3.77. The molecular formula is C20H26BNO3. The quantitative estimate of drug-likeness (QED) is 0.789. The Morgan fingerprint density at radius 2 is 1.72 bits per heavy atom. The van der Waals surface area contributed by atoms with Crippen molar-refractivity contribution in [3.8, 4) is 0 Å². The molecule has 1 saturated carbocycles. The lowest BCUT2D eigenvalue weighted by Crippen LogP contribution is -2.41. The molecule has 0 bridgehead atoms. The minimum atomic E-state index is -0.439. The van der Waals surface area contributed by atoms with E-state index in [1.165, 1.54) is 0 Å². The minimum absolute atomic E-state index is 0.0905. The molecule has 0 atom stereocenters. The molecule has 2 aliphatic rings. The minimum Gasteiger partial charge on any atom is -0.399 e. The highest BCUT2D eigenvalue weighted by atomic mass is 16.7. The van der Waals surface area contributed by atoms with Gasteiger partial charge in [-0.05, 0) is 69.4 Å². The van der Waals surface area contributed by atoms with Crippen molar-refractivity contribution < 1.29 is 9.31 Å². The van der Waals surface area contributed by atoms with Crippen LogP contribution in [0.15, 0.2) is 35.3 Å². The highest BCUT2D eigenvalue weighted by Crippen LogP contribution is 2.37. The third kappa shape index (κ3) is 2.65. The second kappa shape index (κ2) is 5.45. The van der Waals surface area contributed by atoms with E-state index in [1.807, 2.05) is 62.7 Å². The van der Waals surface area contributed by atoms with E-state index in [2.05, 4.69) is 6.92 Å². The molecule has 4 nitrogen and oxygen atoms in total. The third-order valence-electron chi connectivity index (χ3n) is 6.22. The summed E-state index contributed by atoms with van der Waals surface area (Å²) >= 11 is 0. The van der Waals surface area contributed by atoms with Gasteiger partial charge in [0.25, 0.3) is 5.56 Å². The first kappa shape index (κ1) is 16.9. The van der Waals surface area contributed by atoms with Crippen LogP contribution in [0.1, 0.15) is 53.5 Å². The zero-order valence-electron chi connectivity index (χ0n) is 15.7. The van der Waals surface area contributed by atoms with Crippen molar-refractivity contribution in [1.29, 1.82) is 0 Å². The number of rotatable bonds is 2. The van der Waals surface area contributed by atoms with Crippen LogP contribution in [0.25, 0.3) is 10.8 Å². The van der Waals surface area contributed by atoms with Crippen molar-refractivity contribution in [2.24, 2.45) is 5.92 Å². The Morgan fingerprint density at radius 1 is 1.08 bits per heavy atom. The summed E-state index contributed by atoms with van der Waals surface area (Å²) in [5.74, 6) is 0.712. The molecule has 1 saturated heterocycles. The van der Waals surface area contributed by atoms with Crippen LogP contribution in [0.3, 0.4) is 0 Å². The summed E-state index contributed by atoms with van der Waals surface area (Å²) in [4.78, 5) is 13.0. The van der Waals surface area contributed by atoms with Gasteiger partial charge in [-0.3, -0.25) is 4.79 Å².